The number of nitrogens with one attached hydrogen (secondary N) is 1. The number of aliphatic carboxylic acids is 1. The second kappa shape index (κ2) is 5.19. The highest BCUT2D eigenvalue weighted by molar-refractivity contribution is 7.13. The molecule has 4 nitrogen and oxygen atoms in total. The minimum absolute atomic E-state index is 0.543. The molecule has 0 spiro atoms. The van der Waals surface area contributed by atoms with E-state index in [2.05, 4.69) is 10.3 Å². The number of halogens is 1. The fourth-order valence-corrected chi connectivity index (χ4v) is 2.41. The number of rotatable bonds is 4. The molecule has 1 aromatic heterocycles. The Kier molecular flexibility index (Phi) is 3.78. The lowest BCUT2D eigenvalue weighted by Crippen LogP contribution is -2.28. The van der Waals surface area contributed by atoms with Gasteiger partial charge in [-0.1, -0.05) is 11.6 Å². The van der Waals surface area contributed by atoms with Crippen molar-refractivity contribution in [1.29, 1.82) is 0 Å². The first-order valence-corrected chi connectivity index (χ1v) is 6.87. The molecular weight excluding hydrogens is 284 g/mol. The minimum Gasteiger partial charge on any atom is -0.481 e. The Hall–Kier alpha value is -1.59. The summed E-state index contributed by atoms with van der Waals surface area (Å²) in [5, 5.41) is 15.4. The van der Waals surface area contributed by atoms with Crippen LogP contribution in [0.3, 0.4) is 0 Å². The maximum Gasteiger partial charge on any atom is 0.315 e. The van der Waals surface area contributed by atoms with E-state index in [1.807, 2.05) is 12.1 Å². The Labute approximate surface area is 120 Å². The molecule has 6 heteroatoms. The zero-order valence-electron chi connectivity index (χ0n) is 10.5. The fraction of sp³-hybridized carbons (Fsp3) is 0.231. The molecule has 2 N–H and O–H groups in total. The van der Waals surface area contributed by atoms with Crippen LogP contribution in [0.2, 0.25) is 5.02 Å². The van der Waals surface area contributed by atoms with E-state index in [4.69, 9.17) is 16.7 Å². The number of hydrogen-bond acceptors (Lipinski definition) is 4. The van der Waals surface area contributed by atoms with E-state index in [1.165, 1.54) is 11.3 Å². The number of anilines is 2. The highest BCUT2D eigenvalue weighted by atomic mass is 35.5. The Bertz CT molecular complexity index is 593. The number of hydrogen-bond donors (Lipinski definition) is 2. The zero-order valence-corrected chi connectivity index (χ0v) is 12.0. The maximum atomic E-state index is 11.2. The van der Waals surface area contributed by atoms with Gasteiger partial charge in [-0.3, -0.25) is 4.79 Å². The number of carbonyl (C=O) groups is 1. The van der Waals surface area contributed by atoms with Crippen molar-refractivity contribution >= 4 is 39.7 Å². The molecule has 2 rings (SSSR count). The van der Waals surface area contributed by atoms with Crippen molar-refractivity contribution in [3.05, 3.63) is 40.4 Å². The second-order valence-electron chi connectivity index (χ2n) is 4.60. The minimum atomic E-state index is -0.990. The molecule has 0 bridgehead atoms. The van der Waals surface area contributed by atoms with E-state index in [1.54, 1.807) is 31.4 Å². The van der Waals surface area contributed by atoms with Crippen LogP contribution in [0.5, 0.6) is 0 Å². The molecule has 0 unspecified atom stereocenters. The van der Waals surface area contributed by atoms with Gasteiger partial charge in [0.15, 0.2) is 5.13 Å². The Morgan fingerprint density at radius 3 is 2.58 bits per heavy atom. The SMILES string of the molecule is CC(C)(C(=O)O)c1csc(Nc2ccc(Cl)cc2)n1. The van der Waals surface area contributed by atoms with Crippen molar-refractivity contribution < 1.29 is 9.90 Å². The number of thiazole rings is 1. The summed E-state index contributed by atoms with van der Waals surface area (Å²) < 4.78 is 0. The summed E-state index contributed by atoms with van der Waals surface area (Å²) in [6.45, 7) is 3.27. The molecule has 0 aliphatic carbocycles. The molecule has 100 valence electrons. The van der Waals surface area contributed by atoms with Crippen molar-refractivity contribution in [3.63, 3.8) is 0 Å². The summed E-state index contributed by atoms with van der Waals surface area (Å²) in [6.07, 6.45) is 0. The average molecular weight is 297 g/mol. The summed E-state index contributed by atoms with van der Waals surface area (Å²) in [5.41, 5.74) is 0.413. The molecule has 1 aromatic carbocycles. The first kappa shape index (κ1) is 13.8. The molecular formula is C13H13ClN2O2S. The smallest absolute Gasteiger partial charge is 0.315 e. The van der Waals surface area contributed by atoms with E-state index < -0.39 is 11.4 Å². The van der Waals surface area contributed by atoms with Crippen LogP contribution in [0.1, 0.15) is 19.5 Å². The molecule has 0 saturated heterocycles. The number of carboxylic acid groups (broad SMARTS) is 1. The van der Waals surface area contributed by atoms with Gasteiger partial charge >= 0.3 is 5.97 Å². The standard InChI is InChI=1S/C13H13ClN2O2S/c1-13(2,11(17)18)10-7-19-12(16-10)15-9-5-3-8(14)4-6-9/h3-7H,1-2H3,(H,15,16)(H,17,18). The predicted molar refractivity (Wildman–Crippen MR) is 77.5 cm³/mol. The van der Waals surface area contributed by atoms with Gasteiger partial charge in [-0.2, -0.15) is 0 Å². The monoisotopic (exact) mass is 296 g/mol. The topological polar surface area (TPSA) is 62.2 Å². The van der Waals surface area contributed by atoms with Crippen molar-refractivity contribution in [2.24, 2.45) is 0 Å². The lowest BCUT2D eigenvalue weighted by molar-refractivity contribution is -0.142. The molecule has 0 fully saturated rings. The van der Waals surface area contributed by atoms with E-state index in [-0.39, 0.29) is 0 Å². The summed E-state index contributed by atoms with van der Waals surface area (Å²) in [4.78, 5) is 15.5. The van der Waals surface area contributed by atoms with Gasteiger partial charge in [0, 0.05) is 16.1 Å². The van der Waals surface area contributed by atoms with Crippen LogP contribution in [-0.4, -0.2) is 16.1 Å². The van der Waals surface area contributed by atoms with Crippen molar-refractivity contribution in [1.82, 2.24) is 4.98 Å². The average Bonchev–Trinajstić information content (AvgIpc) is 2.81. The molecule has 19 heavy (non-hydrogen) atoms. The van der Waals surface area contributed by atoms with Crippen LogP contribution in [0.15, 0.2) is 29.6 Å². The second-order valence-corrected chi connectivity index (χ2v) is 5.89. The quantitative estimate of drug-likeness (QED) is 0.898. The van der Waals surface area contributed by atoms with Gasteiger partial charge in [0.25, 0.3) is 0 Å². The maximum absolute atomic E-state index is 11.2. The van der Waals surface area contributed by atoms with Gasteiger partial charge in [0.05, 0.1) is 5.69 Å². The predicted octanol–water partition coefficient (Wildman–Crippen LogP) is 3.90. The highest BCUT2D eigenvalue weighted by Crippen LogP contribution is 2.29. The third-order valence-electron chi connectivity index (χ3n) is 2.77. The molecule has 2 aromatic rings. The zero-order chi connectivity index (χ0) is 14.0. The molecule has 0 aliphatic rings. The lowest BCUT2D eigenvalue weighted by atomic mass is 9.90. The molecule has 1 heterocycles. The van der Waals surface area contributed by atoms with Gasteiger partial charge in [-0.25, -0.2) is 4.98 Å². The van der Waals surface area contributed by atoms with Crippen LogP contribution in [0.4, 0.5) is 10.8 Å². The Morgan fingerprint density at radius 1 is 1.37 bits per heavy atom. The summed E-state index contributed by atoms with van der Waals surface area (Å²) in [6, 6.07) is 7.23. The Balaban J connectivity index is 2.18. The van der Waals surface area contributed by atoms with Crippen LogP contribution >= 0.6 is 22.9 Å². The molecule has 0 aliphatic heterocycles. The van der Waals surface area contributed by atoms with Crippen LogP contribution in [0.25, 0.3) is 0 Å². The van der Waals surface area contributed by atoms with E-state index in [0.717, 1.165) is 5.69 Å². The third kappa shape index (κ3) is 3.05. The summed E-state index contributed by atoms with van der Waals surface area (Å²) >= 11 is 7.18. The third-order valence-corrected chi connectivity index (χ3v) is 3.78. The number of carboxylic acids is 1. The van der Waals surface area contributed by atoms with Gasteiger partial charge < -0.3 is 10.4 Å². The first-order chi connectivity index (χ1) is 8.89. The van der Waals surface area contributed by atoms with Crippen LogP contribution < -0.4 is 5.32 Å². The first-order valence-electron chi connectivity index (χ1n) is 5.61. The van der Waals surface area contributed by atoms with Gasteiger partial charge in [-0.15, -0.1) is 11.3 Å². The number of aromatic nitrogens is 1. The van der Waals surface area contributed by atoms with Crippen molar-refractivity contribution in [2.45, 2.75) is 19.3 Å². The van der Waals surface area contributed by atoms with Crippen molar-refractivity contribution in [3.8, 4) is 0 Å². The van der Waals surface area contributed by atoms with Gasteiger partial charge in [-0.05, 0) is 38.1 Å². The molecule has 0 amide bonds. The molecule has 0 saturated carbocycles. The van der Waals surface area contributed by atoms with E-state index in [9.17, 15) is 4.79 Å². The van der Waals surface area contributed by atoms with Crippen molar-refractivity contribution in [2.75, 3.05) is 5.32 Å². The van der Waals surface area contributed by atoms with Gasteiger partial charge in [0.2, 0.25) is 0 Å². The normalized spacial score (nSPS) is 11.3. The molecule has 0 radical (unpaired) electrons. The number of nitrogens with zero attached hydrogens (tertiary/aromatic N) is 1. The molecule has 0 atom stereocenters. The largest absolute Gasteiger partial charge is 0.481 e. The van der Waals surface area contributed by atoms with Crippen LogP contribution in [0, 0.1) is 0 Å². The van der Waals surface area contributed by atoms with Gasteiger partial charge in [0.1, 0.15) is 5.41 Å². The van der Waals surface area contributed by atoms with E-state index >= 15 is 0 Å². The number of benzene rings is 1. The Morgan fingerprint density at radius 2 is 2.00 bits per heavy atom. The van der Waals surface area contributed by atoms with E-state index in [0.29, 0.717) is 15.8 Å². The van der Waals surface area contributed by atoms with Crippen LogP contribution in [-0.2, 0) is 10.2 Å². The fourth-order valence-electron chi connectivity index (χ4n) is 1.38. The highest BCUT2D eigenvalue weighted by Gasteiger charge is 2.32. The summed E-state index contributed by atoms with van der Waals surface area (Å²) in [5.74, 6) is -0.893. The lowest BCUT2D eigenvalue weighted by Gasteiger charge is -2.15. The summed E-state index contributed by atoms with van der Waals surface area (Å²) in [7, 11) is 0.